The first-order valence-corrected chi connectivity index (χ1v) is 10.1. The molecule has 0 saturated carbocycles. The average molecular weight is 442 g/mol. The Balaban J connectivity index is 1.41. The minimum Gasteiger partial charge on any atom is -0.489 e. The van der Waals surface area contributed by atoms with E-state index in [0.717, 1.165) is 0 Å². The molecule has 1 aromatic carbocycles. The van der Waals surface area contributed by atoms with E-state index < -0.39 is 6.67 Å². The number of nitrogens with zero attached hydrogens (tertiary/aromatic N) is 2. The first-order chi connectivity index (χ1) is 15.2. The van der Waals surface area contributed by atoms with Crippen LogP contribution in [0.1, 0.15) is 0 Å². The summed E-state index contributed by atoms with van der Waals surface area (Å²) in [6.07, 6.45) is 1.40. The van der Waals surface area contributed by atoms with Crippen LogP contribution < -0.4 is 16.2 Å². The van der Waals surface area contributed by atoms with Crippen molar-refractivity contribution < 1.29 is 32.8 Å². The Morgan fingerprint density at radius 2 is 1.19 bits per heavy atom. The van der Waals surface area contributed by atoms with Crippen LogP contribution in [0.2, 0.25) is 0 Å². The zero-order valence-electron chi connectivity index (χ0n) is 17.6. The van der Waals surface area contributed by atoms with Gasteiger partial charge >= 0.3 is 0 Å². The lowest BCUT2D eigenvalue weighted by Gasteiger charge is -2.11. The van der Waals surface area contributed by atoms with Gasteiger partial charge in [-0.05, 0) is 6.07 Å². The lowest BCUT2D eigenvalue weighted by Crippen LogP contribution is -2.14. The van der Waals surface area contributed by atoms with Crippen LogP contribution in [0, 0.1) is 0 Å². The van der Waals surface area contributed by atoms with E-state index in [-0.39, 0.29) is 6.61 Å². The number of fused-ring (bicyclic) bond motifs is 1. The van der Waals surface area contributed by atoms with Crippen molar-refractivity contribution in [3.05, 3.63) is 18.5 Å². The molecular weight excluding hydrogens is 411 g/mol. The number of nitrogens with two attached hydrogens (primary N) is 2. The summed E-state index contributed by atoms with van der Waals surface area (Å²) in [6.45, 7) is 3.97. The fraction of sp³-hybridized carbons (Fsp3) is 0.600. The number of anilines is 2. The van der Waals surface area contributed by atoms with Crippen molar-refractivity contribution in [2.75, 3.05) is 90.8 Å². The zero-order chi connectivity index (χ0) is 22.2. The van der Waals surface area contributed by atoms with Gasteiger partial charge in [-0.25, -0.2) is 14.4 Å². The molecule has 0 aliphatic rings. The Kier molecular flexibility index (Phi) is 12.5. The number of hydrogen-bond donors (Lipinski definition) is 2. The normalized spacial score (nSPS) is 11.3. The summed E-state index contributed by atoms with van der Waals surface area (Å²) in [5.41, 5.74) is 12.9. The van der Waals surface area contributed by atoms with E-state index in [4.69, 9.17) is 39.9 Å². The molecule has 2 rings (SSSR count). The number of hydrogen-bond acceptors (Lipinski definition) is 10. The fourth-order valence-electron chi connectivity index (χ4n) is 2.49. The minimum atomic E-state index is -0.477. The summed E-state index contributed by atoms with van der Waals surface area (Å²) < 4.78 is 43.9. The second-order valence-corrected chi connectivity index (χ2v) is 6.27. The molecule has 2 aromatic rings. The fourth-order valence-corrected chi connectivity index (χ4v) is 2.49. The number of rotatable bonds is 18. The molecule has 10 nitrogen and oxygen atoms in total. The highest BCUT2D eigenvalue weighted by Gasteiger charge is 2.07. The van der Waals surface area contributed by atoms with Crippen LogP contribution in [-0.4, -0.2) is 89.3 Å². The maximum absolute atomic E-state index is 11.8. The summed E-state index contributed by atoms with van der Waals surface area (Å²) in [6, 6.07) is 3.43. The summed E-state index contributed by atoms with van der Waals surface area (Å²) in [7, 11) is 0. The lowest BCUT2D eigenvalue weighted by atomic mass is 10.2. The lowest BCUT2D eigenvalue weighted by molar-refractivity contribution is -0.0132. The van der Waals surface area contributed by atoms with Gasteiger partial charge in [0.15, 0.2) is 0 Å². The van der Waals surface area contributed by atoms with Crippen molar-refractivity contribution >= 4 is 22.4 Å². The predicted molar refractivity (Wildman–Crippen MR) is 114 cm³/mol. The van der Waals surface area contributed by atoms with E-state index >= 15 is 0 Å². The zero-order valence-corrected chi connectivity index (χ0v) is 17.6. The molecule has 0 bridgehead atoms. The molecule has 0 aliphatic carbocycles. The third-order valence-corrected chi connectivity index (χ3v) is 3.99. The molecule has 4 N–H and O–H groups in total. The molecule has 31 heavy (non-hydrogen) atoms. The Morgan fingerprint density at radius 3 is 1.74 bits per heavy atom. The van der Waals surface area contributed by atoms with Gasteiger partial charge in [0.1, 0.15) is 31.2 Å². The Hall–Kier alpha value is -2.31. The summed E-state index contributed by atoms with van der Waals surface area (Å²) >= 11 is 0. The molecule has 1 aromatic heterocycles. The van der Waals surface area contributed by atoms with Gasteiger partial charge in [0, 0.05) is 11.5 Å². The van der Waals surface area contributed by atoms with Gasteiger partial charge in [-0.2, -0.15) is 0 Å². The van der Waals surface area contributed by atoms with E-state index in [9.17, 15) is 4.39 Å². The van der Waals surface area contributed by atoms with Crippen LogP contribution in [-0.2, 0) is 23.7 Å². The van der Waals surface area contributed by atoms with Gasteiger partial charge in [0.2, 0.25) is 0 Å². The van der Waals surface area contributed by atoms with E-state index in [0.29, 0.717) is 94.2 Å². The molecule has 0 radical (unpaired) electrons. The second kappa shape index (κ2) is 15.5. The molecule has 0 spiro atoms. The predicted octanol–water partition coefficient (Wildman–Crippen LogP) is 1.23. The molecule has 1 heterocycles. The van der Waals surface area contributed by atoms with Crippen molar-refractivity contribution in [1.82, 2.24) is 9.97 Å². The van der Waals surface area contributed by atoms with E-state index in [1.165, 1.54) is 6.33 Å². The smallest absolute Gasteiger partial charge is 0.144 e. The number of benzene rings is 1. The minimum absolute atomic E-state index is 0.110. The van der Waals surface area contributed by atoms with Crippen LogP contribution in [0.5, 0.6) is 5.75 Å². The number of ether oxygens (including phenoxy) is 6. The third kappa shape index (κ3) is 10.0. The average Bonchev–Trinajstić information content (AvgIpc) is 2.77. The van der Waals surface area contributed by atoms with Crippen LogP contribution in [0.15, 0.2) is 18.5 Å². The van der Waals surface area contributed by atoms with Gasteiger partial charge in [-0.3, -0.25) is 0 Å². The van der Waals surface area contributed by atoms with Gasteiger partial charge in [0.05, 0.1) is 77.3 Å². The maximum atomic E-state index is 11.8. The largest absolute Gasteiger partial charge is 0.489 e. The molecule has 0 unspecified atom stereocenters. The number of nitrogen functional groups attached to an aromatic ring is 2. The van der Waals surface area contributed by atoms with Crippen LogP contribution in [0.25, 0.3) is 10.9 Å². The van der Waals surface area contributed by atoms with Crippen molar-refractivity contribution in [2.24, 2.45) is 0 Å². The van der Waals surface area contributed by atoms with E-state index in [1.54, 1.807) is 12.1 Å². The number of aromatic nitrogens is 2. The quantitative estimate of drug-likeness (QED) is 0.256. The summed E-state index contributed by atoms with van der Waals surface area (Å²) in [4.78, 5) is 8.10. The molecule has 0 amide bonds. The van der Waals surface area contributed by atoms with Gasteiger partial charge in [-0.1, -0.05) is 0 Å². The molecule has 174 valence electrons. The molecule has 11 heteroatoms. The highest BCUT2D eigenvalue weighted by Crippen LogP contribution is 2.28. The number of halogens is 1. The van der Waals surface area contributed by atoms with Gasteiger partial charge < -0.3 is 39.9 Å². The SMILES string of the molecule is Nc1cc2c(N)ncnc2cc1OCCOCCOCCOCCOCCOCCF. The highest BCUT2D eigenvalue weighted by molar-refractivity contribution is 5.92. The van der Waals surface area contributed by atoms with E-state index in [1.807, 2.05) is 0 Å². The first-order valence-electron chi connectivity index (χ1n) is 10.1. The van der Waals surface area contributed by atoms with Gasteiger partial charge in [0.25, 0.3) is 0 Å². The third-order valence-electron chi connectivity index (χ3n) is 3.99. The van der Waals surface area contributed by atoms with Crippen LogP contribution >= 0.6 is 0 Å². The van der Waals surface area contributed by atoms with Crippen molar-refractivity contribution in [1.29, 1.82) is 0 Å². The monoisotopic (exact) mass is 442 g/mol. The van der Waals surface area contributed by atoms with E-state index in [2.05, 4.69) is 9.97 Å². The second-order valence-electron chi connectivity index (χ2n) is 6.27. The topological polar surface area (TPSA) is 133 Å². The summed E-state index contributed by atoms with van der Waals surface area (Å²) in [5.74, 6) is 0.904. The molecular formula is C20H31FN4O6. The summed E-state index contributed by atoms with van der Waals surface area (Å²) in [5, 5.41) is 0.692. The standard InChI is InChI=1S/C20H31FN4O6/c21-1-2-26-3-4-27-5-6-28-7-8-29-9-10-30-11-12-31-19-14-18-16(13-17(19)22)20(23)25-15-24-18/h13-15H,1-12,22H2,(H2,23,24,25). The number of alkyl halides is 1. The first kappa shape index (κ1) is 25.0. The Morgan fingerprint density at radius 1 is 0.677 bits per heavy atom. The van der Waals surface area contributed by atoms with Gasteiger partial charge in [-0.15, -0.1) is 0 Å². The maximum Gasteiger partial charge on any atom is 0.144 e. The molecule has 0 atom stereocenters. The molecule has 0 saturated heterocycles. The Bertz CT molecular complexity index is 755. The molecule has 0 fully saturated rings. The van der Waals surface area contributed by atoms with Crippen molar-refractivity contribution in [3.63, 3.8) is 0 Å². The van der Waals surface area contributed by atoms with Crippen molar-refractivity contribution in [2.45, 2.75) is 0 Å². The highest BCUT2D eigenvalue weighted by atomic mass is 19.1. The van der Waals surface area contributed by atoms with Crippen LogP contribution in [0.4, 0.5) is 15.9 Å². The molecule has 0 aliphatic heterocycles. The van der Waals surface area contributed by atoms with Crippen LogP contribution in [0.3, 0.4) is 0 Å². The Labute approximate surface area is 180 Å². The van der Waals surface area contributed by atoms with Crippen molar-refractivity contribution in [3.8, 4) is 5.75 Å².